The van der Waals surface area contributed by atoms with E-state index in [1.807, 2.05) is 18.2 Å². The molecule has 1 aliphatic rings. The van der Waals surface area contributed by atoms with Gasteiger partial charge in [-0.1, -0.05) is 31.5 Å². The highest BCUT2D eigenvalue weighted by atomic mass is 16.2. The van der Waals surface area contributed by atoms with Gasteiger partial charge in [-0.3, -0.25) is 14.4 Å². The highest BCUT2D eigenvalue weighted by Crippen LogP contribution is 2.19. The highest BCUT2D eigenvalue weighted by Gasteiger charge is 2.19. The Morgan fingerprint density at radius 1 is 1.06 bits per heavy atom. The lowest BCUT2D eigenvalue weighted by Gasteiger charge is -2.35. The van der Waals surface area contributed by atoms with Crippen LogP contribution in [0.3, 0.4) is 0 Å². The van der Waals surface area contributed by atoms with Gasteiger partial charge in [-0.25, -0.2) is 0 Å². The Hall–Kier alpha value is -2.67. The first-order valence-electron chi connectivity index (χ1n) is 11.4. The van der Waals surface area contributed by atoms with Crippen LogP contribution in [-0.4, -0.2) is 53.5 Å². The van der Waals surface area contributed by atoms with Gasteiger partial charge < -0.3 is 20.1 Å². The molecular formula is C24H34N4O3. The number of hydrogen-bond acceptors (Lipinski definition) is 4. The van der Waals surface area contributed by atoms with E-state index in [4.69, 9.17) is 0 Å². The summed E-state index contributed by atoms with van der Waals surface area (Å²) in [4.78, 5) is 39.2. The molecule has 1 saturated heterocycles. The molecule has 31 heavy (non-hydrogen) atoms. The second kappa shape index (κ2) is 11.6. The minimum Gasteiger partial charge on any atom is -0.356 e. The van der Waals surface area contributed by atoms with Crippen LogP contribution in [0, 0.1) is 0 Å². The maximum absolute atomic E-state index is 12.5. The summed E-state index contributed by atoms with van der Waals surface area (Å²) in [6, 6.07) is 9.82. The van der Waals surface area contributed by atoms with Crippen molar-refractivity contribution in [1.82, 2.24) is 20.1 Å². The van der Waals surface area contributed by atoms with E-state index in [1.165, 1.54) is 36.8 Å². The van der Waals surface area contributed by atoms with E-state index in [0.29, 0.717) is 18.0 Å². The molecule has 0 aliphatic carbocycles. The first-order chi connectivity index (χ1) is 15.1. The number of pyridine rings is 1. The molecule has 1 atom stereocenters. The Labute approximate surface area is 183 Å². The molecule has 2 amide bonds. The zero-order chi connectivity index (χ0) is 22.1. The van der Waals surface area contributed by atoms with E-state index < -0.39 is 0 Å². The zero-order valence-electron chi connectivity index (χ0n) is 18.4. The molecule has 7 heteroatoms. The smallest absolute Gasteiger partial charge is 0.258 e. The van der Waals surface area contributed by atoms with Crippen LogP contribution in [0.1, 0.15) is 45.4 Å². The summed E-state index contributed by atoms with van der Waals surface area (Å²) in [5.41, 5.74) is -0.190. The first-order valence-corrected chi connectivity index (χ1v) is 11.4. The van der Waals surface area contributed by atoms with Crippen molar-refractivity contribution in [2.75, 3.05) is 26.2 Å². The third-order valence-corrected chi connectivity index (χ3v) is 6.04. The van der Waals surface area contributed by atoms with Gasteiger partial charge in [-0.15, -0.1) is 0 Å². The quantitative estimate of drug-likeness (QED) is 0.571. The summed E-state index contributed by atoms with van der Waals surface area (Å²) >= 11 is 0. The fourth-order valence-corrected chi connectivity index (χ4v) is 4.30. The number of amides is 2. The Morgan fingerprint density at radius 3 is 2.71 bits per heavy atom. The van der Waals surface area contributed by atoms with E-state index in [9.17, 15) is 14.4 Å². The summed E-state index contributed by atoms with van der Waals surface area (Å²) in [7, 11) is 0. The van der Waals surface area contributed by atoms with Crippen molar-refractivity contribution in [1.29, 1.82) is 0 Å². The van der Waals surface area contributed by atoms with E-state index in [-0.39, 0.29) is 36.9 Å². The summed E-state index contributed by atoms with van der Waals surface area (Å²) in [6.45, 7) is 5.30. The topological polar surface area (TPSA) is 83.4 Å². The van der Waals surface area contributed by atoms with Crippen molar-refractivity contribution >= 4 is 22.6 Å². The zero-order valence-corrected chi connectivity index (χ0v) is 18.4. The number of piperidine rings is 1. The Bertz CT molecular complexity index is 940. The summed E-state index contributed by atoms with van der Waals surface area (Å²) in [6.07, 6.45) is 7.88. The number of benzene rings is 1. The van der Waals surface area contributed by atoms with Gasteiger partial charge in [0.1, 0.15) is 6.54 Å². The number of carbonyl (C=O) groups excluding carboxylic acids is 2. The number of likely N-dealkylation sites (tertiary alicyclic amines) is 1. The Balaban J connectivity index is 1.32. The molecule has 2 N–H and O–H groups in total. The average Bonchev–Trinajstić information content (AvgIpc) is 2.79. The van der Waals surface area contributed by atoms with Crippen LogP contribution < -0.4 is 16.2 Å². The number of rotatable bonds is 10. The predicted octanol–water partition coefficient (Wildman–Crippen LogP) is 2.28. The third kappa shape index (κ3) is 6.66. The lowest BCUT2D eigenvalue weighted by molar-refractivity contribution is -0.122. The summed E-state index contributed by atoms with van der Waals surface area (Å²) in [5, 5.41) is 7.10. The van der Waals surface area contributed by atoms with Crippen molar-refractivity contribution in [3.63, 3.8) is 0 Å². The summed E-state index contributed by atoms with van der Waals surface area (Å²) < 4.78 is 1.39. The summed E-state index contributed by atoms with van der Waals surface area (Å²) in [5.74, 6) is -0.338. The van der Waals surface area contributed by atoms with Crippen LogP contribution in [0.4, 0.5) is 0 Å². The second-order valence-electron chi connectivity index (χ2n) is 8.23. The van der Waals surface area contributed by atoms with Crippen molar-refractivity contribution in [2.24, 2.45) is 0 Å². The normalized spacial score (nSPS) is 16.9. The van der Waals surface area contributed by atoms with Gasteiger partial charge in [0.15, 0.2) is 0 Å². The number of hydrogen-bond donors (Lipinski definition) is 2. The Morgan fingerprint density at radius 2 is 1.87 bits per heavy atom. The highest BCUT2D eigenvalue weighted by molar-refractivity contribution is 5.82. The number of nitrogens with one attached hydrogen (secondary N) is 2. The lowest BCUT2D eigenvalue weighted by Crippen LogP contribution is -2.40. The molecule has 0 bridgehead atoms. The SMILES string of the molecule is CC[C@@H]1CCCCN1CCCNC(=O)CCNC(=O)Cn1ccc2ccccc2c1=O. The molecule has 0 unspecified atom stereocenters. The fourth-order valence-electron chi connectivity index (χ4n) is 4.30. The molecule has 2 aromatic rings. The van der Waals surface area contributed by atoms with Gasteiger partial charge in [0.2, 0.25) is 11.8 Å². The van der Waals surface area contributed by atoms with Gasteiger partial charge in [0, 0.05) is 43.7 Å². The lowest BCUT2D eigenvalue weighted by atomic mass is 10.00. The molecule has 3 rings (SSSR count). The van der Waals surface area contributed by atoms with Gasteiger partial charge >= 0.3 is 0 Å². The van der Waals surface area contributed by atoms with Crippen molar-refractivity contribution in [3.8, 4) is 0 Å². The van der Waals surface area contributed by atoms with Gasteiger partial charge in [-0.05, 0) is 49.7 Å². The van der Waals surface area contributed by atoms with E-state index >= 15 is 0 Å². The molecule has 1 aromatic heterocycles. The Kier molecular flexibility index (Phi) is 8.64. The second-order valence-corrected chi connectivity index (χ2v) is 8.23. The first kappa shape index (κ1) is 23.0. The minimum atomic E-state index is -0.277. The van der Waals surface area contributed by atoms with Crippen molar-refractivity contribution in [3.05, 3.63) is 46.9 Å². The monoisotopic (exact) mass is 426 g/mol. The molecule has 0 spiro atoms. The van der Waals surface area contributed by atoms with Gasteiger partial charge in [-0.2, -0.15) is 0 Å². The molecule has 0 radical (unpaired) electrons. The van der Waals surface area contributed by atoms with E-state index in [1.54, 1.807) is 18.3 Å². The molecule has 168 valence electrons. The van der Waals surface area contributed by atoms with Crippen LogP contribution >= 0.6 is 0 Å². The van der Waals surface area contributed by atoms with Crippen LogP contribution in [0.5, 0.6) is 0 Å². The average molecular weight is 427 g/mol. The molecule has 1 aliphatic heterocycles. The van der Waals surface area contributed by atoms with Gasteiger partial charge in [0.25, 0.3) is 5.56 Å². The molecule has 1 fully saturated rings. The van der Waals surface area contributed by atoms with Gasteiger partial charge in [0.05, 0.1) is 0 Å². The number of aromatic nitrogens is 1. The van der Waals surface area contributed by atoms with Crippen molar-refractivity contribution < 1.29 is 9.59 Å². The predicted molar refractivity (Wildman–Crippen MR) is 123 cm³/mol. The number of carbonyl (C=O) groups is 2. The maximum atomic E-state index is 12.5. The fraction of sp³-hybridized carbons (Fsp3) is 0.542. The molecule has 1 aromatic carbocycles. The van der Waals surface area contributed by atoms with E-state index in [2.05, 4.69) is 22.5 Å². The van der Waals surface area contributed by atoms with Crippen LogP contribution in [0.2, 0.25) is 0 Å². The van der Waals surface area contributed by atoms with Crippen molar-refractivity contribution in [2.45, 2.75) is 58.0 Å². The van der Waals surface area contributed by atoms with Crippen LogP contribution in [0.25, 0.3) is 10.8 Å². The minimum absolute atomic E-state index is 0.0558. The standard InChI is InChI=1S/C24H34N4O3/c1-2-20-9-5-6-15-27(20)16-7-13-25-22(29)11-14-26-23(30)18-28-17-12-19-8-3-4-10-21(19)24(28)31/h3-4,8,10,12,17,20H,2,5-7,9,11,13-16,18H2,1H3,(H,25,29)(H,26,30)/t20-/m1/s1. The molecule has 7 nitrogen and oxygen atoms in total. The van der Waals surface area contributed by atoms with Crippen LogP contribution in [-0.2, 0) is 16.1 Å². The number of nitrogens with zero attached hydrogens (tertiary/aromatic N) is 2. The molecular weight excluding hydrogens is 392 g/mol. The molecule has 0 saturated carbocycles. The molecule has 2 heterocycles. The van der Waals surface area contributed by atoms with Crippen LogP contribution in [0.15, 0.2) is 41.3 Å². The maximum Gasteiger partial charge on any atom is 0.258 e. The third-order valence-electron chi connectivity index (χ3n) is 6.04. The number of fused-ring (bicyclic) bond motifs is 1. The van der Waals surface area contributed by atoms with E-state index in [0.717, 1.165) is 18.4 Å². The largest absolute Gasteiger partial charge is 0.356 e.